The lowest BCUT2D eigenvalue weighted by atomic mass is 10.1. The molecule has 1 aromatic carbocycles. The molecule has 1 aliphatic carbocycles. The van der Waals surface area contributed by atoms with Crippen LogP contribution in [0.15, 0.2) is 30.5 Å². The predicted molar refractivity (Wildman–Crippen MR) is 84.7 cm³/mol. The minimum absolute atomic E-state index is 0.342. The van der Waals surface area contributed by atoms with Crippen LogP contribution >= 0.6 is 0 Å². The average molecular weight is 285 g/mol. The van der Waals surface area contributed by atoms with Gasteiger partial charge in [-0.25, -0.2) is 0 Å². The van der Waals surface area contributed by atoms with Gasteiger partial charge in [0.1, 0.15) is 5.75 Å². The fraction of sp³-hybridized carbons (Fsp3) is 0.444. The molecule has 3 rings (SSSR count). The summed E-state index contributed by atoms with van der Waals surface area (Å²) in [5, 5.41) is 9.66. The van der Waals surface area contributed by atoms with Gasteiger partial charge < -0.3 is 14.4 Å². The topological polar surface area (TPSA) is 34.4 Å². The zero-order chi connectivity index (χ0) is 15.0. The minimum Gasteiger partial charge on any atom is -0.493 e. The van der Waals surface area contributed by atoms with Crippen LogP contribution in [0.3, 0.4) is 0 Å². The molecule has 0 spiro atoms. The Kier molecular flexibility index (Phi) is 3.77. The molecule has 21 heavy (non-hydrogen) atoms. The zero-order valence-electron chi connectivity index (χ0n) is 13.0. The maximum Gasteiger partial charge on any atom is 0.119 e. The number of rotatable bonds is 5. The summed E-state index contributed by atoms with van der Waals surface area (Å²) in [5.74, 6) is 1.45. The second kappa shape index (κ2) is 5.57. The van der Waals surface area contributed by atoms with Crippen molar-refractivity contribution >= 4 is 0 Å². The van der Waals surface area contributed by atoms with Gasteiger partial charge in [0.05, 0.1) is 18.4 Å². The number of nitrogens with zero attached hydrogens (tertiary/aromatic N) is 1. The van der Waals surface area contributed by atoms with Gasteiger partial charge in [-0.2, -0.15) is 0 Å². The van der Waals surface area contributed by atoms with Crippen molar-refractivity contribution in [3.63, 3.8) is 0 Å². The van der Waals surface area contributed by atoms with E-state index in [1.807, 2.05) is 6.92 Å². The van der Waals surface area contributed by atoms with Gasteiger partial charge in [-0.3, -0.25) is 0 Å². The number of hydrogen-bond acceptors (Lipinski definition) is 2. The Morgan fingerprint density at radius 1 is 1.19 bits per heavy atom. The van der Waals surface area contributed by atoms with Gasteiger partial charge in [-0.05, 0) is 42.2 Å². The Bertz CT molecular complexity index is 641. The zero-order valence-corrected chi connectivity index (χ0v) is 13.0. The molecule has 1 aromatic heterocycles. The molecule has 0 amide bonds. The summed E-state index contributed by atoms with van der Waals surface area (Å²) >= 11 is 0. The van der Waals surface area contributed by atoms with Gasteiger partial charge in [0.2, 0.25) is 0 Å². The van der Waals surface area contributed by atoms with E-state index in [0.29, 0.717) is 12.5 Å². The Balaban J connectivity index is 1.92. The maximum atomic E-state index is 9.66. The monoisotopic (exact) mass is 285 g/mol. The van der Waals surface area contributed by atoms with Gasteiger partial charge in [0.25, 0.3) is 0 Å². The van der Waals surface area contributed by atoms with E-state index in [-0.39, 0.29) is 6.10 Å². The minimum atomic E-state index is -0.342. The molecule has 0 radical (unpaired) electrons. The Labute approximate surface area is 126 Å². The molecule has 0 fully saturated rings. The number of aliphatic hydroxyl groups excluding tert-OH is 1. The summed E-state index contributed by atoms with van der Waals surface area (Å²) < 4.78 is 8.00. The summed E-state index contributed by atoms with van der Waals surface area (Å²) in [6, 6.07) is 8.53. The molecule has 0 bridgehead atoms. The highest BCUT2D eigenvalue weighted by atomic mass is 16.5. The standard InChI is InChI=1S/C18H23NO2/c1-12(2)11-21-16-5-4-14-8-15-6-7-19(10-13(3)20)18(15)17(14)9-16/h4-7,9,12-13,20H,8,10-11H2,1-3H3. The van der Waals surface area contributed by atoms with Crippen LogP contribution in [0.25, 0.3) is 11.3 Å². The van der Waals surface area contributed by atoms with Crippen molar-refractivity contribution < 1.29 is 9.84 Å². The second-order valence-corrected chi connectivity index (χ2v) is 6.39. The summed E-state index contributed by atoms with van der Waals surface area (Å²) in [6.45, 7) is 7.50. The predicted octanol–water partition coefficient (Wildman–Crippen LogP) is 3.47. The number of ether oxygens (including phenoxy) is 1. The first-order valence-corrected chi connectivity index (χ1v) is 7.66. The van der Waals surface area contributed by atoms with Crippen LogP contribution in [-0.2, 0) is 13.0 Å². The van der Waals surface area contributed by atoms with Crippen molar-refractivity contribution in [3.05, 3.63) is 41.6 Å². The molecule has 3 nitrogen and oxygen atoms in total. The normalized spacial score (nSPS) is 14.1. The molecule has 1 unspecified atom stereocenters. The lowest BCUT2D eigenvalue weighted by Gasteiger charge is -2.13. The third-order valence-corrected chi connectivity index (χ3v) is 3.81. The smallest absolute Gasteiger partial charge is 0.119 e. The van der Waals surface area contributed by atoms with Crippen LogP contribution in [0, 0.1) is 5.92 Å². The summed E-state index contributed by atoms with van der Waals surface area (Å²) in [6.07, 6.45) is 2.70. The van der Waals surface area contributed by atoms with Crippen LogP contribution in [0.5, 0.6) is 5.75 Å². The van der Waals surface area contributed by atoms with Crippen LogP contribution < -0.4 is 4.74 Å². The summed E-state index contributed by atoms with van der Waals surface area (Å²) in [5.41, 5.74) is 5.17. The van der Waals surface area contributed by atoms with Crippen LogP contribution in [0.4, 0.5) is 0 Å². The SMILES string of the molecule is CC(C)COc1ccc2c(c1)-c1c(ccn1CC(C)O)C2. The van der Waals surface area contributed by atoms with E-state index in [0.717, 1.165) is 18.8 Å². The first kappa shape index (κ1) is 14.2. The van der Waals surface area contributed by atoms with Crippen LogP contribution in [-0.4, -0.2) is 22.4 Å². The van der Waals surface area contributed by atoms with E-state index < -0.39 is 0 Å². The molecule has 1 heterocycles. The molecule has 0 aliphatic heterocycles. The molecule has 3 heteroatoms. The number of benzene rings is 1. The van der Waals surface area contributed by atoms with Crippen molar-refractivity contribution in [1.29, 1.82) is 0 Å². The number of hydrogen-bond donors (Lipinski definition) is 1. The summed E-state index contributed by atoms with van der Waals surface area (Å²) in [7, 11) is 0. The largest absolute Gasteiger partial charge is 0.493 e. The van der Waals surface area contributed by atoms with Crippen molar-refractivity contribution in [1.82, 2.24) is 4.57 Å². The Hall–Kier alpha value is -1.74. The first-order valence-electron chi connectivity index (χ1n) is 7.66. The molecule has 1 aliphatic rings. The van der Waals surface area contributed by atoms with E-state index in [1.165, 1.54) is 22.4 Å². The van der Waals surface area contributed by atoms with E-state index in [4.69, 9.17) is 4.74 Å². The maximum absolute atomic E-state index is 9.66. The highest BCUT2D eigenvalue weighted by Crippen LogP contribution is 2.39. The fourth-order valence-corrected chi connectivity index (χ4v) is 2.91. The van der Waals surface area contributed by atoms with Crippen LogP contribution in [0.2, 0.25) is 0 Å². The number of aromatic nitrogens is 1. The Morgan fingerprint density at radius 3 is 2.71 bits per heavy atom. The van der Waals surface area contributed by atoms with E-state index >= 15 is 0 Å². The lowest BCUT2D eigenvalue weighted by molar-refractivity contribution is 0.174. The third kappa shape index (κ3) is 2.84. The average Bonchev–Trinajstić information content (AvgIpc) is 2.95. The van der Waals surface area contributed by atoms with Gasteiger partial charge in [0.15, 0.2) is 0 Å². The van der Waals surface area contributed by atoms with Gasteiger partial charge in [-0.1, -0.05) is 19.9 Å². The van der Waals surface area contributed by atoms with Crippen molar-refractivity contribution in [2.45, 2.75) is 39.8 Å². The highest BCUT2D eigenvalue weighted by molar-refractivity contribution is 5.75. The van der Waals surface area contributed by atoms with Gasteiger partial charge in [0, 0.05) is 24.7 Å². The van der Waals surface area contributed by atoms with Crippen LogP contribution in [0.1, 0.15) is 31.9 Å². The van der Waals surface area contributed by atoms with Gasteiger partial charge >= 0.3 is 0 Å². The van der Waals surface area contributed by atoms with E-state index in [2.05, 4.69) is 48.9 Å². The Morgan fingerprint density at radius 2 is 2.00 bits per heavy atom. The molecule has 0 saturated carbocycles. The molecular weight excluding hydrogens is 262 g/mol. The lowest BCUT2D eigenvalue weighted by Crippen LogP contribution is -2.11. The molecule has 2 aromatic rings. The van der Waals surface area contributed by atoms with E-state index in [9.17, 15) is 5.11 Å². The molecule has 0 saturated heterocycles. The second-order valence-electron chi connectivity index (χ2n) is 6.39. The third-order valence-electron chi connectivity index (χ3n) is 3.81. The van der Waals surface area contributed by atoms with Crippen molar-refractivity contribution in [2.24, 2.45) is 5.92 Å². The quantitative estimate of drug-likeness (QED) is 0.779. The summed E-state index contributed by atoms with van der Waals surface area (Å²) in [4.78, 5) is 0. The van der Waals surface area contributed by atoms with Gasteiger partial charge in [-0.15, -0.1) is 0 Å². The molecule has 112 valence electrons. The molecule has 1 N–H and O–H groups in total. The van der Waals surface area contributed by atoms with E-state index in [1.54, 1.807) is 0 Å². The van der Waals surface area contributed by atoms with Crippen molar-refractivity contribution in [3.8, 4) is 17.0 Å². The first-order chi connectivity index (χ1) is 10.0. The number of aliphatic hydroxyl groups is 1. The highest BCUT2D eigenvalue weighted by Gasteiger charge is 2.23. The number of fused-ring (bicyclic) bond motifs is 3. The van der Waals surface area contributed by atoms with Crippen molar-refractivity contribution in [2.75, 3.05) is 6.61 Å². The molecular formula is C18H23NO2. The molecule has 1 atom stereocenters. The fourth-order valence-electron chi connectivity index (χ4n) is 2.91.